The molecule has 0 aromatic heterocycles. The van der Waals surface area contributed by atoms with E-state index in [2.05, 4.69) is 26.0 Å². The number of carbonyl (C=O) groups excluding carboxylic acids is 5. The number of esters is 1. The number of rotatable bonds is 20. The van der Waals surface area contributed by atoms with Crippen LogP contribution in [0, 0.1) is 11.8 Å². The topological polar surface area (TPSA) is 198 Å². The van der Waals surface area contributed by atoms with Gasteiger partial charge in [0.05, 0.1) is 12.9 Å². The van der Waals surface area contributed by atoms with Crippen LogP contribution >= 0.6 is 0 Å². The molecule has 0 radical (unpaired) electrons. The summed E-state index contributed by atoms with van der Waals surface area (Å²) in [5, 5.41) is 11.0. The maximum Gasteiger partial charge on any atom is 0.408 e. The predicted octanol–water partition coefficient (Wildman–Crippen LogP) is 1.66. The van der Waals surface area contributed by atoms with Crippen LogP contribution < -0.4 is 26.0 Å². The quantitative estimate of drug-likeness (QED) is 0.0773. The molecule has 262 valence electrons. The second kappa shape index (κ2) is 20.3. The molecule has 14 nitrogen and oxygen atoms in total. The van der Waals surface area contributed by atoms with Crippen molar-refractivity contribution in [1.82, 2.24) is 26.0 Å². The summed E-state index contributed by atoms with van der Waals surface area (Å²) in [6.45, 7) is 6.28. The molecule has 4 atom stereocenters. The fourth-order valence-corrected chi connectivity index (χ4v) is 5.43. The lowest BCUT2D eigenvalue weighted by Gasteiger charge is -2.26. The third-order valence-electron chi connectivity index (χ3n) is 7.23. The van der Waals surface area contributed by atoms with Gasteiger partial charge in [-0.05, 0) is 56.9 Å². The number of hydrogen-bond donors (Lipinski definition) is 5. The highest BCUT2D eigenvalue weighted by Crippen LogP contribution is 2.18. The van der Waals surface area contributed by atoms with E-state index in [-0.39, 0.29) is 56.8 Å². The van der Waals surface area contributed by atoms with Gasteiger partial charge in [-0.15, -0.1) is 0 Å². The Bertz CT molecular complexity index is 1320. The first-order chi connectivity index (χ1) is 22.3. The minimum atomic E-state index is -3.38. The van der Waals surface area contributed by atoms with Crippen molar-refractivity contribution in [1.29, 1.82) is 0 Å². The van der Waals surface area contributed by atoms with Gasteiger partial charge in [0.15, 0.2) is 0 Å². The summed E-state index contributed by atoms with van der Waals surface area (Å²) in [6.07, 6.45) is 4.92. The number of alkyl carbamates (subject to hydrolysis) is 1. The van der Waals surface area contributed by atoms with Crippen molar-refractivity contribution in [3.8, 4) is 0 Å². The van der Waals surface area contributed by atoms with Gasteiger partial charge in [0.1, 0.15) is 18.7 Å². The normalized spacial score (nSPS) is 16.6. The van der Waals surface area contributed by atoms with Crippen LogP contribution in [0.4, 0.5) is 4.79 Å². The zero-order chi connectivity index (χ0) is 34.8. The van der Waals surface area contributed by atoms with Crippen LogP contribution in [0.15, 0.2) is 42.5 Å². The molecule has 0 spiro atoms. The van der Waals surface area contributed by atoms with Gasteiger partial charge in [-0.2, -0.15) is 0 Å². The first-order valence-corrected chi connectivity index (χ1v) is 17.8. The summed E-state index contributed by atoms with van der Waals surface area (Å²) in [5.74, 6) is -2.24. The highest BCUT2D eigenvalue weighted by atomic mass is 32.2. The minimum absolute atomic E-state index is 0.00972. The summed E-state index contributed by atoms with van der Waals surface area (Å²) >= 11 is 0. The second-order valence-electron chi connectivity index (χ2n) is 11.9. The van der Waals surface area contributed by atoms with E-state index < -0.39 is 52.0 Å². The van der Waals surface area contributed by atoms with Crippen LogP contribution in [0.1, 0.15) is 64.9 Å². The number of amides is 4. The van der Waals surface area contributed by atoms with Crippen LogP contribution in [-0.4, -0.2) is 82.3 Å². The SMILES string of the molecule is CCOC(=O)/C=C/[C@H](C[C@@H]1CCNC1=O)NC(=O)[C@H](CC(C)C)NC(=O)[C@H](CCCCNS(C)(=O)=O)NC(=O)OCc1ccccc1. The lowest BCUT2D eigenvalue weighted by molar-refractivity contribution is -0.137. The molecular formula is C32H49N5O9S. The van der Waals surface area contributed by atoms with Crippen molar-refractivity contribution in [2.45, 2.75) is 84.0 Å². The highest BCUT2D eigenvalue weighted by molar-refractivity contribution is 7.88. The van der Waals surface area contributed by atoms with E-state index in [1.807, 2.05) is 19.9 Å². The van der Waals surface area contributed by atoms with Crippen molar-refractivity contribution in [3.63, 3.8) is 0 Å². The zero-order valence-corrected chi connectivity index (χ0v) is 28.4. The summed E-state index contributed by atoms with van der Waals surface area (Å²) in [6, 6.07) is 6.22. The third kappa shape index (κ3) is 16.4. The van der Waals surface area contributed by atoms with E-state index >= 15 is 0 Å². The summed E-state index contributed by atoms with van der Waals surface area (Å²) in [5.41, 5.74) is 0.755. The smallest absolute Gasteiger partial charge is 0.408 e. The second-order valence-corrected chi connectivity index (χ2v) is 13.7. The van der Waals surface area contributed by atoms with Gasteiger partial charge in [0.25, 0.3) is 0 Å². The van der Waals surface area contributed by atoms with Gasteiger partial charge in [0, 0.05) is 31.1 Å². The molecule has 5 N–H and O–H groups in total. The van der Waals surface area contributed by atoms with Gasteiger partial charge < -0.3 is 30.7 Å². The average Bonchev–Trinajstić information content (AvgIpc) is 3.41. The first-order valence-electron chi connectivity index (χ1n) is 15.9. The van der Waals surface area contributed by atoms with E-state index in [1.165, 1.54) is 12.2 Å². The largest absolute Gasteiger partial charge is 0.463 e. The van der Waals surface area contributed by atoms with Gasteiger partial charge >= 0.3 is 12.1 Å². The fourth-order valence-electron chi connectivity index (χ4n) is 4.91. The molecule has 1 fully saturated rings. The van der Waals surface area contributed by atoms with Gasteiger partial charge in [-0.1, -0.05) is 50.3 Å². The Hall–Kier alpha value is -3.98. The van der Waals surface area contributed by atoms with Gasteiger partial charge in [-0.25, -0.2) is 22.7 Å². The standard InChI is InChI=1S/C32H49N5O9S/c1-5-45-28(38)15-14-25(20-24-16-18-33-29(24)39)35-31(41)27(19-22(2)3)36-30(40)26(13-9-10-17-34-47(4,43)44)37-32(42)46-21-23-11-7-6-8-12-23/h6-8,11-12,14-15,22,24-27,34H,5,9-10,13,16-21H2,1-4H3,(H,33,39)(H,35,41)(H,36,40)(H,37,42)/b15-14+/t24-,25+,26-,27-/m0/s1. The molecule has 1 heterocycles. The van der Waals surface area contributed by atoms with E-state index in [4.69, 9.17) is 9.47 Å². The Morgan fingerprint density at radius 1 is 1.00 bits per heavy atom. The van der Waals surface area contributed by atoms with E-state index in [9.17, 15) is 32.4 Å². The molecule has 15 heteroatoms. The Morgan fingerprint density at radius 3 is 2.32 bits per heavy atom. The summed E-state index contributed by atoms with van der Waals surface area (Å²) < 4.78 is 35.5. The lowest BCUT2D eigenvalue weighted by atomic mass is 9.96. The van der Waals surface area contributed by atoms with Crippen molar-refractivity contribution >= 4 is 39.8 Å². The maximum atomic E-state index is 13.6. The number of ether oxygens (including phenoxy) is 2. The monoisotopic (exact) mass is 679 g/mol. The lowest BCUT2D eigenvalue weighted by Crippen LogP contribution is -2.55. The molecule has 1 aromatic carbocycles. The number of carbonyl (C=O) groups is 5. The number of sulfonamides is 1. The number of hydrogen-bond acceptors (Lipinski definition) is 9. The van der Waals surface area contributed by atoms with Crippen molar-refractivity contribution in [2.24, 2.45) is 11.8 Å². The minimum Gasteiger partial charge on any atom is -0.463 e. The van der Waals surface area contributed by atoms with E-state index in [0.717, 1.165) is 11.8 Å². The molecule has 1 aromatic rings. The molecule has 1 aliphatic rings. The highest BCUT2D eigenvalue weighted by Gasteiger charge is 2.31. The van der Waals surface area contributed by atoms with Crippen LogP contribution in [0.25, 0.3) is 0 Å². The van der Waals surface area contributed by atoms with E-state index in [1.54, 1.807) is 31.2 Å². The van der Waals surface area contributed by atoms with E-state index in [0.29, 0.717) is 25.8 Å². The van der Waals surface area contributed by atoms with Crippen LogP contribution in [0.2, 0.25) is 0 Å². The van der Waals surface area contributed by atoms with Crippen LogP contribution in [0.3, 0.4) is 0 Å². The summed E-state index contributed by atoms with van der Waals surface area (Å²) in [4.78, 5) is 64.1. The fraction of sp³-hybridized carbons (Fsp3) is 0.594. The molecule has 2 rings (SSSR count). The molecular weight excluding hydrogens is 630 g/mol. The molecule has 0 saturated carbocycles. The Labute approximate surface area is 277 Å². The molecule has 47 heavy (non-hydrogen) atoms. The van der Waals surface area contributed by atoms with Gasteiger partial charge in [0.2, 0.25) is 27.7 Å². The number of unbranched alkanes of at least 4 members (excludes halogenated alkanes) is 1. The predicted molar refractivity (Wildman–Crippen MR) is 175 cm³/mol. The first kappa shape index (κ1) is 39.2. The maximum absolute atomic E-state index is 13.6. The third-order valence-corrected chi connectivity index (χ3v) is 7.95. The molecule has 4 amide bonds. The number of nitrogens with one attached hydrogen (secondary N) is 5. The van der Waals surface area contributed by atoms with Crippen molar-refractivity contribution in [2.75, 3.05) is 26.0 Å². The van der Waals surface area contributed by atoms with Crippen LogP contribution in [0.5, 0.6) is 0 Å². The average molecular weight is 680 g/mol. The van der Waals surface area contributed by atoms with Crippen molar-refractivity contribution in [3.05, 3.63) is 48.0 Å². The Balaban J connectivity index is 2.16. The van der Waals surface area contributed by atoms with Crippen LogP contribution in [-0.2, 0) is 45.3 Å². The molecule has 1 aliphatic heterocycles. The zero-order valence-electron chi connectivity index (χ0n) is 27.6. The Kier molecular flexibility index (Phi) is 16.9. The van der Waals surface area contributed by atoms with Crippen molar-refractivity contribution < 1.29 is 41.9 Å². The molecule has 0 bridgehead atoms. The summed E-state index contributed by atoms with van der Waals surface area (Å²) in [7, 11) is -3.38. The number of benzene rings is 1. The molecule has 0 aliphatic carbocycles. The Morgan fingerprint density at radius 2 is 1.70 bits per heavy atom. The molecule has 0 unspecified atom stereocenters. The molecule has 1 saturated heterocycles. The van der Waals surface area contributed by atoms with Gasteiger partial charge in [-0.3, -0.25) is 14.4 Å².